The molecule has 0 saturated heterocycles. The molecule has 0 radical (unpaired) electrons. The lowest BCUT2D eigenvalue weighted by Gasteiger charge is -2.37. The van der Waals surface area contributed by atoms with Crippen LogP contribution in [0.1, 0.15) is 71.3 Å². The van der Waals surface area contributed by atoms with E-state index in [4.69, 9.17) is 4.74 Å². The third-order valence-corrected chi connectivity index (χ3v) is 5.59. The molecule has 1 amide bonds. The first-order chi connectivity index (χ1) is 12.8. The summed E-state index contributed by atoms with van der Waals surface area (Å²) in [7, 11) is 0. The molecule has 4 heteroatoms. The quantitative estimate of drug-likeness (QED) is 0.532. The summed E-state index contributed by atoms with van der Waals surface area (Å²) in [5.41, 5.74) is 1.59. The minimum atomic E-state index is -0.283. The predicted octanol–water partition coefficient (Wildman–Crippen LogP) is 4.66. The molecule has 0 heterocycles. The van der Waals surface area contributed by atoms with Crippen LogP contribution in [-0.2, 0) is 20.7 Å². The van der Waals surface area contributed by atoms with E-state index in [1.165, 1.54) is 5.56 Å². The molecule has 0 bridgehead atoms. The lowest BCUT2D eigenvalue weighted by Crippen LogP contribution is -2.39. The van der Waals surface area contributed by atoms with E-state index >= 15 is 0 Å². The molecular weight excluding hydrogens is 338 g/mol. The van der Waals surface area contributed by atoms with Gasteiger partial charge in [-0.15, -0.1) is 0 Å². The van der Waals surface area contributed by atoms with E-state index in [9.17, 15) is 9.59 Å². The second kappa shape index (κ2) is 10.5. The second-order valence-electron chi connectivity index (χ2n) is 8.79. The van der Waals surface area contributed by atoms with Crippen molar-refractivity contribution in [1.82, 2.24) is 5.32 Å². The van der Waals surface area contributed by atoms with E-state index in [0.717, 1.165) is 44.4 Å². The molecule has 150 valence electrons. The number of esters is 1. The van der Waals surface area contributed by atoms with Crippen LogP contribution in [0.5, 0.6) is 0 Å². The Bertz CT molecular complexity index is 583. The fourth-order valence-corrected chi connectivity index (χ4v) is 3.80. The highest BCUT2D eigenvalue weighted by Gasteiger charge is 2.30. The molecule has 0 aliphatic heterocycles. The fraction of sp³-hybridized carbons (Fsp3) is 0.652. The SMILES string of the molecule is CC(C)(C)C1CCC(NC(=O)CCC(=O)OCCCc2ccccc2)CC1. The number of nitrogens with one attached hydrogen (secondary N) is 1. The van der Waals surface area contributed by atoms with Crippen molar-refractivity contribution in [1.29, 1.82) is 0 Å². The Labute approximate surface area is 164 Å². The van der Waals surface area contributed by atoms with Crippen molar-refractivity contribution < 1.29 is 14.3 Å². The third-order valence-electron chi connectivity index (χ3n) is 5.59. The zero-order valence-electron chi connectivity index (χ0n) is 17.1. The van der Waals surface area contributed by atoms with Crippen LogP contribution in [0.25, 0.3) is 0 Å². The van der Waals surface area contributed by atoms with Gasteiger partial charge in [-0.1, -0.05) is 51.1 Å². The maximum Gasteiger partial charge on any atom is 0.306 e. The summed E-state index contributed by atoms with van der Waals surface area (Å²) in [6.07, 6.45) is 6.49. The van der Waals surface area contributed by atoms with Gasteiger partial charge in [-0.05, 0) is 55.4 Å². The Morgan fingerprint density at radius 2 is 1.70 bits per heavy atom. The molecule has 1 aromatic rings. The first-order valence-corrected chi connectivity index (χ1v) is 10.3. The summed E-state index contributed by atoms with van der Waals surface area (Å²) >= 11 is 0. The average Bonchev–Trinajstić information content (AvgIpc) is 2.64. The molecule has 1 aliphatic rings. The topological polar surface area (TPSA) is 55.4 Å². The molecule has 0 atom stereocenters. The number of hydrogen-bond acceptors (Lipinski definition) is 3. The monoisotopic (exact) mass is 373 g/mol. The molecule has 1 fully saturated rings. The second-order valence-corrected chi connectivity index (χ2v) is 8.79. The molecule has 27 heavy (non-hydrogen) atoms. The number of carbonyl (C=O) groups is 2. The summed E-state index contributed by atoms with van der Waals surface area (Å²) in [5, 5.41) is 3.09. The molecule has 1 saturated carbocycles. The maximum atomic E-state index is 12.1. The van der Waals surface area contributed by atoms with Crippen LogP contribution in [0.15, 0.2) is 30.3 Å². The number of rotatable bonds is 8. The Balaban J connectivity index is 1.54. The van der Waals surface area contributed by atoms with Crippen LogP contribution in [-0.4, -0.2) is 24.5 Å². The summed E-state index contributed by atoms with van der Waals surface area (Å²) in [6, 6.07) is 10.4. The van der Waals surface area contributed by atoms with Crippen molar-refractivity contribution in [3.63, 3.8) is 0 Å². The Kier molecular flexibility index (Phi) is 8.33. The number of ether oxygens (including phenoxy) is 1. The van der Waals surface area contributed by atoms with Crippen molar-refractivity contribution in [3.8, 4) is 0 Å². The van der Waals surface area contributed by atoms with Gasteiger partial charge in [0.1, 0.15) is 0 Å². The van der Waals surface area contributed by atoms with Gasteiger partial charge >= 0.3 is 5.97 Å². The highest BCUT2D eigenvalue weighted by atomic mass is 16.5. The Hall–Kier alpha value is -1.84. The molecular formula is C23H35NO3. The fourth-order valence-electron chi connectivity index (χ4n) is 3.80. The van der Waals surface area contributed by atoms with Gasteiger partial charge in [0, 0.05) is 12.5 Å². The molecule has 1 aromatic carbocycles. The maximum absolute atomic E-state index is 12.1. The lowest BCUT2D eigenvalue weighted by atomic mass is 9.71. The van der Waals surface area contributed by atoms with Gasteiger partial charge in [-0.3, -0.25) is 9.59 Å². The molecule has 0 aromatic heterocycles. The zero-order valence-corrected chi connectivity index (χ0v) is 17.1. The van der Waals surface area contributed by atoms with Crippen molar-refractivity contribution in [3.05, 3.63) is 35.9 Å². The molecule has 4 nitrogen and oxygen atoms in total. The van der Waals surface area contributed by atoms with Gasteiger partial charge in [0.25, 0.3) is 0 Å². The Morgan fingerprint density at radius 3 is 2.33 bits per heavy atom. The van der Waals surface area contributed by atoms with Crippen LogP contribution in [0.2, 0.25) is 0 Å². The van der Waals surface area contributed by atoms with Crippen molar-refractivity contribution in [2.45, 2.75) is 78.2 Å². The zero-order chi connectivity index (χ0) is 19.7. The Morgan fingerprint density at radius 1 is 1.04 bits per heavy atom. The van der Waals surface area contributed by atoms with Gasteiger partial charge in [0.05, 0.1) is 13.0 Å². The highest BCUT2D eigenvalue weighted by molar-refractivity contribution is 5.81. The first-order valence-electron chi connectivity index (χ1n) is 10.3. The summed E-state index contributed by atoms with van der Waals surface area (Å²) < 4.78 is 5.24. The van der Waals surface area contributed by atoms with Crippen LogP contribution < -0.4 is 5.32 Å². The average molecular weight is 374 g/mol. The highest BCUT2D eigenvalue weighted by Crippen LogP contribution is 2.37. The van der Waals surface area contributed by atoms with Gasteiger partial charge in [-0.2, -0.15) is 0 Å². The number of amides is 1. The van der Waals surface area contributed by atoms with Gasteiger partial charge < -0.3 is 10.1 Å². The normalized spacial score (nSPS) is 20.1. The minimum Gasteiger partial charge on any atom is -0.466 e. The molecule has 0 spiro atoms. The molecule has 1 N–H and O–H groups in total. The number of aryl methyl sites for hydroxylation is 1. The van der Waals surface area contributed by atoms with E-state index in [0.29, 0.717) is 12.0 Å². The number of benzene rings is 1. The van der Waals surface area contributed by atoms with E-state index in [2.05, 4.69) is 38.2 Å². The van der Waals surface area contributed by atoms with Gasteiger partial charge in [0.2, 0.25) is 5.91 Å². The van der Waals surface area contributed by atoms with Crippen molar-refractivity contribution in [2.24, 2.45) is 11.3 Å². The standard InChI is InChI=1S/C23H35NO3/c1-23(2,3)19-11-13-20(14-12-19)24-21(25)15-16-22(26)27-17-7-10-18-8-5-4-6-9-18/h4-6,8-9,19-20H,7,10-17H2,1-3H3,(H,24,25). The van der Waals surface area contributed by atoms with Crippen LogP contribution in [0.3, 0.4) is 0 Å². The van der Waals surface area contributed by atoms with E-state index in [-0.39, 0.29) is 30.8 Å². The number of hydrogen-bond donors (Lipinski definition) is 1. The number of carbonyl (C=O) groups excluding carboxylic acids is 2. The lowest BCUT2D eigenvalue weighted by molar-refractivity contribution is -0.145. The van der Waals surface area contributed by atoms with E-state index < -0.39 is 0 Å². The van der Waals surface area contributed by atoms with Crippen LogP contribution >= 0.6 is 0 Å². The molecule has 1 aliphatic carbocycles. The predicted molar refractivity (Wildman–Crippen MR) is 108 cm³/mol. The summed E-state index contributed by atoms with van der Waals surface area (Å²) in [4.78, 5) is 23.9. The van der Waals surface area contributed by atoms with Gasteiger partial charge in [-0.25, -0.2) is 0 Å². The van der Waals surface area contributed by atoms with Crippen molar-refractivity contribution in [2.75, 3.05) is 6.61 Å². The third kappa shape index (κ3) is 8.15. The van der Waals surface area contributed by atoms with Gasteiger partial charge in [0.15, 0.2) is 0 Å². The summed E-state index contributed by atoms with van der Waals surface area (Å²) in [5.74, 6) is 0.418. The van der Waals surface area contributed by atoms with Crippen LogP contribution in [0, 0.1) is 11.3 Å². The van der Waals surface area contributed by atoms with E-state index in [1.54, 1.807) is 0 Å². The molecule has 0 unspecified atom stereocenters. The first kappa shape index (κ1) is 21.5. The van der Waals surface area contributed by atoms with Crippen molar-refractivity contribution >= 4 is 11.9 Å². The van der Waals surface area contributed by atoms with E-state index in [1.807, 2.05) is 18.2 Å². The molecule has 2 rings (SSSR count). The van der Waals surface area contributed by atoms with Crippen LogP contribution in [0.4, 0.5) is 0 Å². The largest absolute Gasteiger partial charge is 0.466 e. The smallest absolute Gasteiger partial charge is 0.306 e. The minimum absolute atomic E-state index is 0.0320. The summed E-state index contributed by atoms with van der Waals surface area (Å²) in [6.45, 7) is 7.29.